The molecule has 1 heterocycles. The first-order valence-corrected chi connectivity index (χ1v) is 6.64. The lowest BCUT2D eigenvalue weighted by atomic mass is 10.2. The summed E-state index contributed by atoms with van der Waals surface area (Å²) in [4.78, 5) is 16.3. The number of ether oxygens (including phenoxy) is 1. The number of pyridine rings is 1. The largest absolute Gasteiger partial charge is 0.456 e. The predicted molar refractivity (Wildman–Crippen MR) is 75.9 cm³/mol. The van der Waals surface area contributed by atoms with Gasteiger partial charge in [0, 0.05) is 16.7 Å². The van der Waals surface area contributed by atoms with Crippen LogP contribution in [0.4, 0.5) is 5.82 Å². The molecule has 0 fully saturated rings. The smallest absolute Gasteiger partial charge is 0.342 e. The van der Waals surface area contributed by atoms with Crippen molar-refractivity contribution in [3.8, 4) is 0 Å². The fourth-order valence-corrected chi connectivity index (χ4v) is 1.65. The molecule has 0 amide bonds. The monoisotopic (exact) mass is 314 g/mol. The van der Waals surface area contributed by atoms with E-state index in [0.717, 1.165) is 4.47 Å². The molecule has 0 radical (unpaired) electrons. The van der Waals surface area contributed by atoms with Gasteiger partial charge in [-0.2, -0.15) is 0 Å². The third-order valence-electron chi connectivity index (χ3n) is 1.90. The van der Waals surface area contributed by atoms with E-state index in [-0.39, 0.29) is 12.0 Å². The van der Waals surface area contributed by atoms with Crippen LogP contribution < -0.4 is 5.32 Å². The fraction of sp³-hybridized carbons (Fsp3) is 0.538. The van der Waals surface area contributed by atoms with Crippen LogP contribution in [0.1, 0.15) is 45.0 Å². The molecule has 0 atom stereocenters. The number of nitrogens with one attached hydrogen (secondary N) is 1. The second-order valence-electron chi connectivity index (χ2n) is 5.35. The molecule has 0 bridgehead atoms. The van der Waals surface area contributed by atoms with E-state index in [1.807, 2.05) is 34.6 Å². The van der Waals surface area contributed by atoms with Crippen LogP contribution in [-0.4, -0.2) is 22.6 Å². The van der Waals surface area contributed by atoms with Gasteiger partial charge in [-0.3, -0.25) is 0 Å². The highest BCUT2D eigenvalue weighted by Crippen LogP contribution is 2.21. The van der Waals surface area contributed by atoms with Crippen molar-refractivity contribution in [2.75, 3.05) is 5.32 Å². The summed E-state index contributed by atoms with van der Waals surface area (Å²) in [6.45, 7) is 9.49. The van der Waals surface area contributed by atoms with Crippen LogP contribution in [0.15, 0.2) is 16.7 Å². The van der Waals surface area contributed by atoms with E-state index in [1.54, 1.807) is 12.3 Å². The van der Waals surface area contributed by atoms with Crippen molar-refractivity contribution in [2.24, 2.45) is 0 Å². The van der Waals surface area contributed by atoms with Crippen LogP contribution in [0, 0.1) is 0 Å². The first-order chi connectivity index (χ1) is 8.19. The lowest BCUT2D eigenvalue weighted by Crippen LogP contribution is -2.25. The van der Waals surface area contributed by atoms with Crippen molar-refractivity contribution >= 4 is 27.7 Å². The number of carbonyl (C=O) groups excluding carboxylic acids is 1. The topological polar surface area (TPSA) is 51.2 Å². The van der Waals surface area contributed by atoms with Gasteiger partial charge in [0.2, 0.25) is 0 Å². The van der Waals surface area contributed by atoms with Crippen LogP contribution >= 0.6 is 15.9 Å². The Morgan fingerprint density at radius 3 is 2.56 bits per heavy atom. The predicted octanol–water partition coefficient (Wildman–Crippen LogP) is 3.62. The Morgan fingerprint density at radius 1 is 1.44 bits per heavy atom. The third kappa shape index (κ3) is 4.64. The van der Waals surface area contributed by atoms with Crippen molar-refractivity contribution in [1.29, 1.82) is 0 Å². The van der Waals surface area contributed by atoms with E-state index in [2.05, 4.69) is 26.2 Å². The molecule has 1 aromatic heterocycles. The van der Waals surface area contributed by atoms with Crippen molar-refractivity contribution in [1.82, 2.24) is 4.98 Å². The number of carbonyl (C=O) groups is 1. The van der Waals surface area contributed by atoms with Gasteiger partial charge < -0.3 is 10.1 Å². The second-order valence-corrected chi connectivity index (χ2v) is 6.27. The number of hydrogen-bond donors (Lipinski definition) is 1. The van der Waals surface area contributed by atoms with E-state index < -0.39 is 5.60 Å². The molecule has 5 heteroatoms. The fourth-order valence-electron chi connectivity index (χ4n) is 1.32. The summed E-state index contributed by atoms with van der Waals surface area (Å²) in [7, 11) is 0. The van der Waals surface area contributed by atoms with Crippen LogP contribution in [0.2, 0.25) is 0 Å². The summed E-state index contributed by atoms with van der Waals surface area (Å²) in [5.74, 6) is 0.168. The van der Waals surface area contributed by atoms with Crippen LogP contribution in [-0.2, 0) is 4.74 Å². The highest BCUT2D eigenvalue weighted by molar-refractivity contribution is 9.10. The summed E-state index contributed by atoms with van der Waals surface area (Å²) in [6.07, 6.45) is 1.65. The van der Waals surface area contributed by atoms with Gasteiger partial charge in [0.05, 0.1) is 0 Å². The Balaban J connectivity index is 3.05. The first-order valence-electron chi connectivity index (χ1n) is 5.84. The van der Waals surface area contributed by atoms with Gasteiger partial charge in [0.15, 0.2) is 0 Å². The number of anilines is 1. The van der Waals surface area contributed by atoms with E-state index >= 15 is 0 Å². The minimum Gasteiger partial charge on any atom is -0.456 e. The molecule has 0 spiro atoms. The van der Waals surface area contributed by atoms with E-state index in [4.69, 9.17) is 4.74 Å². The quantitative estimate of drug-likeness (QED) is 0.866. The third-order valence-corrected chi connectivity index (χ3v) is 2.33. The molecule has 1 aromatic rings. The van der Waals surface area contributed by atoms with Crippen LogP contribution in [0.25, 0.3) is 0 Å². The molecule has 0 aromatic carbocycles. The Hall–Kier alpha value is -1.10. The second kappa shape index (κ2) is 5.69. The lowest BCUT2D eigenvalue weighted by molar-refractivity contribution is 0.00702. The lowest BCUT2D eigenvalue weighted by Gasteiger charge is -2.21. The summed E-state index contributed by atoms with van der Waals surface area (Å²) in [5.41, 5.74) is -0.0814. The molecule has 1 rings (SSSR count). The molecule has 0 aliphatic rings. The van der Waals surface area contributed by atoms with Gasteiger partial charge in [-0.25, -0.2) is 9.78 Å². The SMILES string of the molecule is CC(C)Nc1ncc(Br)cc1C(=O)OC(C)(C)C. The first kappa shape index (κ1) is 15.0. The van der Waals surface area contributed by atoms with Crippen molar-refractivity contribution in [2.45, 2.75) is 46.3 Å². The van der Waals surface area contributed by atoms with Crippen molar-refractivity contribution in [3.05, 3.63) is 22.3 Å². The zero-order valence-electron chi connectivity index (χ0n) is 11.4. The standard InChI is InChI=1S/C13H19BrN2O2/c1-8(2)16-11-10(6-9(14)7-15-11)12(17)18-13(3,4)5/h6-8H,1-5H3,(H,15,16). The molecule has 4 nitrogen and oxygen atoms in total. The summed E-state index contributed by atoms with van der Waals surface area (Å²) >= 11 is 3.31. The van der Waals surface area contributed by atoms with Gasteiger partial charge in [0.1, 0.15) is 17.0 Å². The van der Waals surface area contributed by atoms with Crippen LogP contribution in [0.3, 0.4) is 0 Å². The maximum atomic E-state index is 12.1. The van der Waals surface area contributed by atoms with E-state index in [9.17, 15) is 4.79 Å². The maximum Gasteiger partial charge on any atom is 0.342 e. The Kier molecular flexibility index (Phi) is 4.73. The zero-order valence-corrected chi connectivity index (χ0v) is 13.0. The number of esters is 1. The molecule has 0 saturated carbocycles. The van der Waals surface area contributed by atoms with Gasteiger partial charge in [-0.15, -0.1) is 0 Å². The van der Waals surface area contributed by atoms with Crippen LogP contribution in [0.5, 0.6) is 0 Å². The number of aromatic nitrogens is 1. The maximum absolute atomic E-state index is 12.1. The average molecular weight is 315 g/mol. The average Bonchev–Trinajstić information content (AvgIpc) is 2.17. The molecule has 0 saturated heterocycles. The minimum absolute atomic E-state index is 0.194. The molecule has 0 aliphatic heterocycles. The molecule has 0 aliphatic carbocycles. The van der Waals surface area contributed by atoms with E-state index in [1.165, 1.54) is 0 Å². The summed E-state index contributed by atoms with van der Waals surface area (Å²) in [5, 5.41) is 3.13. The van der Waals surface area contributed by atoms with Gasteiger partial charge in [0.25, 0.3) is 0 Å². The molecular formula is C13H19BrN2O2. The highest BCUT2D eigenvalue weighted by atomic mass is 79.9. The number of nitrogens with zero attached hydrogens (tertiary/aromatic N) is 1. The highest BCUT2D eigenvalue weighted by Gasteiger charge is 2.21. The van der Waals surface area contributed by atoms with Crippen molar-refractivity contribution in [3.63, 3.8) is 0 Å². The molecule has 0 unspecified atom stereocenters. The Bertz CT molecular complexity index is 439. The van der Waals surface area contributed by atoms with Gasteiger partial charge >= 0.3 is 5.97 Å². The minimum atomic E-state index is -0.519. The summed E-state index contributed by atoms with van der Waals surface area (Å²) in [6, 6.07) is 1.91. The Morgan fingerprint density at radius 2 is 2.06 bits per heavy atom. The molecule has 1 N–H and O–H groups in total. The van der Waals surface area contributed by atoms with Gasteiger partial charge in [-0.1, -0.05) is 0 Å². The normalized spacial score (nSPS) is 11.5. The van der Waals surface area contributed by atoms with Crippen molar-refractivity contribution < 1.29 is 9.53 Å². The Labute approximate surface area is 116 Å². The summed E-state index contributed by atoms with van der Waals surface area (Å²) < 4.78 is 6.11. The number of halogens is 1. The zero-order chi connectivity index (χ0) is 13.9. The number of hydrogen-bond acceptors (Lipinski definition) is 4. The molecule has 100 valence electrons. The van der Waals surface area contributed by atoms with Gasteiger partial charge in [-0.05, 0) is 56.6 Å². The molecular weight excluding hydrogens is 296 g/mol. The molecule has 18 heavy (non-hydrogen) atoms. The number of rotatable bonds is 3. The van der Waals surface area contributed by atoms with E-state index in [0.29, 0.717) is 11.4 Å².